The molecular weight excluding hydrogens is 324 g/mol. The number of fused-ring (bicyclic) bond motifs is 1. The zero-order valence-corrected chi connectivity index (χ0v) is 14.0. The van der Waals surface area contributed by atoms with Crippen molar-refractivity contribution in [3.63, 3.8) is 0 Å². The van der Waals surface area contributed by atoms with Gasteiger partial charge in [0.15, 0.2) is 0 Å². The van der Waals surface area contributed by atoms with Crippen molar-refractivity contribution < 1.29 is 14.3 Å². The summed E-state index contributed by atoms with van der Waals surface area (Å²) in [4.78, 5) is 30.6. The maximum atomic E-state index is 12.3. The van der Waals surface area contributed by atoms with E-state index in [4.69, 9.17) is 9.15 Å². The summed E-state index contributed by atoms with van der Waals surface area (Å²) in [6.45, 7) is 3.75. The minimum Gasteiger partial charge on any atom is -0.460 e. The largest absolute Gasteiger partial charge is 0.460 e. The summed E-state index contributed by atoms with van der Waals surface area (Å²) in [5.41, 5.74) is 2.06. The third-order valence-corrected chi connectivity index (χ3v) is 4.09. The summed E-state index contributed by atoms with van der Waals surface area (Å²) < 4.78 is 10.6. The van der Waals surface area contributed by atoms with Gasteiger partial charge in [-0.05, 0) is 35.6 Å². The minimum absolute atomic E-state index is 0.0407. The maximum absolute atomic E-state index is 12.3. The molecule has 7 heteroatoms. The lowest BCUT2D eigenvalue weighted by molar-refractivity contribution is 0.259. The number of aromatic nitrogens is 2. The maximum Gasteiger partial charge on any atom is 0.337 e. The number of nitrogens with zero attached hydrogens (tertiary/aromatic N) is 1. The first-order chi connectivity index (χ1) is 12.0. The Morgan fingerprint density at radius 2 is 2.08 bits per heavy atom. The van der Waals surface area contributed by atoms with Crippen LogP contribution in [0.15, 0.2) is 38.3 Å². The summed E-state index contributed by atoms with van der Waals surface area (Å²) in [6, 6.07) is 6.80. The highest BCUT2D eigenvalue weighted by Crippen LogP contribution is 2.18. The molecule has 0 radical (unpaired) electrons. The van der Waals surface area contributed by atoms with Gasteiger partial charge in [0.1, 0.15) is 12.0 Å². The number of ether oxygens (including phenoxy) is 1. The third-order valence-electron chi connectivity index (χ3n) is 4.09. The van der Waals surface area contributed by atoms with Gasteiger partial charge in [-0.25, -0.2) is 4.79 Å². The van der Waals surface area contributed by atoms with E-state index in [-0.39, 0.29) is 30.3 Å². The van der Waals surface area contributed by atoms with Crippen LogP contribution in [0.2, 0.25) is 0 Å². The first kappa shape index (κ1) is 16.9. The Labute approximate surface area is 142 Å². The first-order valence-corrected chi connectivity index (χ1v) is 7.91. The minimum atomic E-state index is -0.560. The summed E-state index contributed by atoms with van der Waals surface area (Å²) in [6.07, 6.45) is 0.510. The van der Waals surface area contributed by atoms with Gasteiger partial charge in [-0.15, -0.1) is 0 Å². The average molecular weight is 342 g/mol. The number of hydrogen-bond acceptors (Lipinski definition) is 6. The molecule has 2 heterocycles. The molecule has 25 heavy (non-hydrogen) atoms. The summed E-state index contributed by atoms with van der Waals surface area (Å²) in [7, 11) is 0. The lowest BCUT2D eigenvalue weighted by Crippen LogP contribution is -2.15. The van der Waals surface area contributed by atoms with Gasteiger partial charge in [-0.1, -0.05) is 25.1 Å². The normalized spacial score (nSPS) is 11.0. The van der Waals surface area contributed by atoms with Crippen LogP contribution >= 0.6 is 0 Å². The van der Waals surface area contributed by atoms with Gasteiger partial charge >= 0.3 is 5.63 Å². The second kappa shape index (κ2) is 6.90. The molecule has 0 fully saturated rings. The van der Waals surface area contributed by atoms with Crippen molar-refractivity contribution in [3.8, 4) is 6.01 Å². The van der Waals surface area contributed by atoms with E-state index in [1.807, 2.05) is 26.0 Å². The van der Waals surface area contributed by atoms with E-state index in [0.29, 0.717) is 12.0 Å². The lowest BCUT2D eigenvalue weighted by atomic mass is 10.0. The van der Waals surface area contributed by atoms with Gasteiger partial charge in [0.2, 0.25) is 5.71 Å². The molecule has 0 unspecified atom stereocenters. The SMILES string of the molecule is CCc1cc(=O)oc2nc(OCc3c(C)cccc3CO)[nH]c(=O)c12. The Morgan fingerprint density at radius 1 is 1.28 bits per heavy atom. The number of rotatable bonds is 5. The van der Waals surface area contributed by atoms with Crippen LogP contribution in [0.4, 0.5) is 0 Å². The van der Waals surface area contributed by atoms with Crippen LogP contribution in [-0.2, 0) is 19.6 Å². The second-order valence-corrected chi connectivity index (χ2v) is 5.65. The molecule has 0 atom stereocenters. The van der Waals surface area contributed by atoms with Crippen LogP contribution in [0.25, 0.3) is 11.1 Å². The number of hydrogen-bond donors (Lipinski definition) is 2. The van der Waals surface area contributed by atoms with E-state index in [1.165, 1.54) is 6.07 Å². The molecule has 7 nitrogen and oxygen atoms in total. The molecule has 0 bridgehead atoms. The van der Waals surface area contributed by atoms with E-state index >= 15 is 0 Å². The van der Waals surface area contributed by atoms with Gasteiger partial charge in [0.05, 0.1) is 6.61 Å². The standard InChI is InChI=1S/C18H18N2O5/c1-3-11-7-14(22)25-17-15(11)16(23)19-18(20-17)24-9-13-10(2)5-4-6-12(13)8-21/h4-7,21H,3,8-9H2,1-2H3,(H,19,20,23). The van der Waals surface area contributed by atoms with Crippen LogP contribution < -0.4 is 15.9 Å². The van der Waals surface area contributed by atoms with Gasteiger partial charge in [-0.3, -0.25) is 9.78 Å². The lowest BCUT2D eigenvalue weighted by Gasteiger charge is -2.12. The van der Waals surface area contributed by atoms with Crippen molar-refractivity contribution in [2.24, 2.45) is 0 Å². The fourth-order valence-corrected chi connectivity index (χ4v) is 2.73. The predicted molar refractivity (Wildman–Crippen MR) is 91.7 cm³/mol. The van der Waals surface area contributed by atoms with Crippen molar-refractivity contribution in [1.29, 1.82) is 0 Å². The quantitative estimate of drug-likeness (QED) is 0.733. The van der Waals surface area contributed by atoms with E-state index < -0.39 is 11.2 Å². The van der Waals surface area contributed by atoms with Crippen molar-refractivity contribution in [1.82, 2.24) is 9.97 Å². The summed E-state index contributed by atoms with van der Waals surface area (Å²) in [5, 5.41) is 9.69. The second-order valence-electron chi connectivity index (χ2n) is 5.65. The molecular formula is C18H18N2O5. The Bertz CT molecular complexity index is 1040. The van der Waals surface area contributed by atoms with Crippen molar-refractivity contribution in [3.05, 3.63) is 67.3 Å². The summed E-state index contributed by atoms with van der Waals surface area (Å²) in [5.74, 6) is 0. The fourth-order valence-electron chi connectivity index (χ4n) is 2.73. The highest BCUT2D eigenvalue weighted by Gasteiger charge is 2.13. The van der Waals surface area contributed by atoms with E-state index in [2.05, 4.69) is 9.97 Å². The molecule has 1 aromatic carbocycles. The van der Waals surface area contributed by atoms with Crippen LogP contribution in [0.5, 0.6) is 6.01 Å². The topological polar surface area (TPSA) is 105 Å². The average Bonchev–Trinajstić information content (AvgIpc) is 2.59. The number of aromatic amines is 1. The number of aliphatic hydroxyl groups is 1. The smallest absolute Gasteiger partial charge is 0.337 e. The fraction of sp³-hybridized carbons (Fsp3) is 0.278. The molecule has 0 aliphatic heterocycles. The van der Waals surface area contributed by atoms with E-state index in [9.17, 15) is 14.7 Å². The van der Waals surface area contributed by atoms with Gasteiger partial charge < -0.3 is 14.3 Å². The third kappa shape index (κ3) is 3.32. The molecule has 2 aromatic heterocycles. The van der Waals surface area contributed by atoms with Gasteiger partial charge in [-0.2, -0.15) is 4.98 Å². The molecule has 2 N–H and O–H groups in total. The molecule has 0 saturated carbocycles. The molecule has 130 valence electrons. The zero-order valence-electron chi connectivity index (χ0n) is 14.0. The molecule has 3 aromatic rings. The Hall–Kier alpha value is -2.93. The van der Waals surface area contributed by atoms with Gasteiger partial charge in [0, 0.05) is 6.07 Å². The number of benzene rings is 1. The molecule has 0 aliphatic carbocycles. The first-order valence-electron chi connectivity index (χ1n) is 7.91. The number of aryl methyl sites for hydroxylation is 2. The Balaban J connectivity index is 1.99. The van der Waals surface area contributed by atoms with Crippen molar-refractivity contribution >= 4 is 11.1 Å². The van der Waals surface area contributed by atoms with Crippen LogP contribution in [0.1, 0.15) is 29.2 Å². The predicted octanol–water partition coefficient (Wildman–Crippen LogP) is 1.82. The van der Waals surface area contributed by atoms with Crippen LogP contribution in [0, 0.1) is 6.92 Å². The monoisotopic (exact) mass is 342 g/mol. The van der Waals surface area contributed by atoms with Gasteiger partial charge in [0.25, 0.3) is 11.6 Å². The number of H-pyrrole nitrogens is 1. The highest BCUT2D eigenvalue weighted by atomic mass is 16.5. The summed E-state index contributed by atoms with van der Waals surface area (Å²) >= 11 is 0. The van der Waals surface area contributed by atoms with Crippen molar-refractivity contribution in [2.75, 3.05) is 0 Å². The Kier molecular flexibility index (Phi) is 4.67. The molecule has 0 spiro atoms. The highest BCUT2D eigenvalue weighted by molar-refractivity contribution is 5.75. The van der Waals surface area contributed by atoms with Crippen molar-refractivity contribution in [2.45, 2.75) is 33.5 Å². The zero-order chi connectivity index (χ0) is 18.0. The van der Waals surface area contributed by atoms with E-state index in [0.717, 1.165) is 16.7 Å². The number of nitrogens with one attached hydrogen (secondary N) is 1. The molecule has 0 amide bonds. The molecule has 0 aliphatic rings. The number of aliphatic hydroxyl groups excluding tert-OH is 1. The van der Waals surface area contributed by atoms with E-state index in [1.54, 1.807) is 6.07 Å². The van der Waals surface area contributed by atoms with Crippen LogP contribution in [-0.4, -0.2) is 15.1 Å². The Morgan fingerprint density at radius 3 is 2.80 bits per heavy atom. The molecule has 3 rings (SSSR count). The van der Waals surface area contributed by atoms with Crippen LogP contribution in [0.3, 0.4) is 0 Å². The molecule has 0 saturated heterocycles.